The van der Waals surface area contributed by atoms with E-state index in [0.717, 1.165) is 18.5 Å². The summed E-state index contributed by atoms with van der Waals surface area (Å²) in [7, 11) is 0. The molecule has 2 nitrogen and oxygen atoms in total. The number of benzene rings is 1. The molecule has 2 rings (SSSR count). The smallest absolute Gasteiger partial charge is 0.227 e. The van der Waals surface area contributed by atoms with Gasteiger partial charge in [0.1, 0.15) is 0 Å². The monoisotopic (exact) mass is 175 g/mol. The lowest BCUT2D eigenvalue weighted by atomic mass is 10.0. The number of fused-ring (bicyclic) bond motifs is 1. The highest BCUT2D eigenvalue weighted by Gasteiger charge is 2.18. The molecule has 1 N–H and O–H groups in total. The molecule has 0 spiro atoms. The molecule has 1 aromatic rings. The number of aryl methyl sites for hydroxylation is 1. The normalized spacial score (nSPS) is 21.6. The van der Waals surface area contributed by atoms with Crippen LogP contribution in [0.3, 0.4) is 0 Å². The van der Waals surface area contributed by atoms with Crippen molar-refractivity contribution in [1.82, 2.24) is 0 Å². The molecule has 0 aromatic heterocycles. The molecule has 0 saturated carbocycles. The predicted molar refractivity (Wildman–Crippen MR) is 52.6 cm³/mol. The van der Waals surface area contributed by atoms with Crippen LogP contribution in [0.25, 0.3) is 0 Å². The number of hydrogen-bond donors (Lipinski definition) is 1. The van der Waals surface area contributed by atoms with E-state index >= 15 is 0 Å². The first-order chi connectivity index (χ1) is 6.27. The molecule has 68 valence electrons. The Hall–Kier alpha value is -1.31. The SMILES string of the molecule is C[C@@H]1CCc2ccccc2NC1=O. The summed E-state index contributed by atoms with van der Waals surface area (Å²) < 4.78 is 0. The van der Waals surface area contributed by atoms with Crippen LogP contribution in [0.2, 0.25) is 0 Å². The van der Waals surface area contributed by atoms with E-state index in [0.29, 0.717) is 0 Å². The van der Waals surface area contributed by atoms with Crippen LogP contribution in [0, 0.1) is 5.92 Å². The lowest BCUT2D eigenvalue weighted by Crippen LogP contribution is -2.18. The van der Waals surface area contributed by atoms with Gasteiger partial charge in [0.05, 0.1) is 0 Å². The van der Waals surface area contributed by atoms with E-state index in [1.807, 2.05) is 25.1 Å². The highest BCUT2D eigenvalue weighted by Crippen LogP contribution is 2.23. The van der Waals surface area contributed by atoms with Gasteiger partial charge in [-0.25, -0.2) is 0 Å². The van der Waals surface area contributed by atoms with Crippen molar-refractivity contribution in [2.45, 2.75) is 19.8 Å². The number of nitrogens with one attached hydrogen (secondary N) is 1. The average molecular weight is 175 g/mol. The maximum atomic E-state index is 11.5. The molecule has 0 radical (unpaired) electrons. The molecule has 0 aliphatic carbocycles. The molecule has 1 amide bonds. The van der Waals surface area contributed by atoms with Crippen LogP contribution in [-0.2, 0) is 11.2 Å². The van der Waals surface area contributed by atoms with Gasteiger partial charge in [-0.2, -0.15) is 0 Å². The van der Waals surface area contributed by atoms with Gasteiger partial charge in [-0.15, -0.1) is 0 Å². The van der Waals surface area contributed by atoms with Crippen LogP contribution in [0.5, 0.6) is 0 Å². The third-order valence-electron chi connectivity index (χ3n) is 2.57. The fourth-order valence-electron chi connectivity index (χ4n) is 1.62. The molecule has 1 aliphatic heterocycles. The molecular weight excluding hydrogens is 162 g/mol. The zero-order valence-electron chi connectivity index (χ0n) is 7.71. The van der Waals surface area contributed by atoms with Crippen molar-refractivity contribution < 1.29 is 4.79 Å². The Balaban J connectivity index is 2.35. The quantitative estimate of drug-likeness (QED) is 0.643. The molecule has 1 aliphatic rings. The molecule has 0 bridgehead atoms. The summed E-state index contributed by atoms with van der Waals surface area (Å²) >= 11 is 0. The molecule has 2 heteroatoms. The van der Waals surface area contributed by atoms with E-state index in [1.54, 1.807) is 0 Å². The number of hydrogen-bond acceptors (Lipinski definition) is 1. The van der Waals surface area contributed by atoms with E-state index in [2.05, 4.69) is 11.4 Å². The molecule has 0 fully saturated rings. The number of carbonyl (C=O) groups is 1. The Kier molecular flexibility index (Phi) is 2.05. The minimum Gasteiger partial charge on any atom is -0.326 e. The summed E-state index contributed by atoms with van der Waals surface area (Å²) in [5.74, 6) is 0.275. The van der Waals surface area contributed by atoms with E-state index in [4.69, 9.17) is 0 Å². The summed E-state index contributed by atoms with van der Waals surface area (Å²) in [5.41, 5.74) is 2.23. The zero-order chi connectivity index (χ0) is 9.26. The summed E-state index contributed by atoms with van der Waals surface area (Å²) in [6.07, 6.45) is 1.94. The van der Waals surface area contributed by atoms with Crippen molar-refractivity contribution in [2.24, 2.45) is 5.92 Å². The molecule has 13 heavy (non-hydrogen) atoms. The summed E-state index contributed by atoms with van der Waals surface area (Å²) in [5, 5.41) is 2.93. The Bertz CT molecular complexity index is 333. The lowest BCUT2D eigenvalue weighted by Gasteiger charge is -2.06. The summed E-state index contributed by atoms with van der Waals surface area (Å²) in [4.78, 5) is 11.5. The summed E-state index contributed by atoms with van der Waals surface area (Å²) in [6.45, 7) is 1.97. The van der Waals surface area contributed by atoms with Gasteiger partial charge in [0, 0.05) is 11.6 Å². The number of anilines is 1. The third kappa shape index (κ3) is 1.57. The largest absolute Gasteiger partial charge is 0.326 e. The van der Waals surface area contributed by atoms with Crippen LogP contribution >= 0.6 is 0 Å². The van der Waals surface area contributed by atoms with Gasteiger partial charge >= 0.3 is 0 Å². The van der Waals surface area contributed by atoms with Crippen molar-refractivity contribution in [2.75, 3.05) is 5.32 Å². The fourth-order valence-corrected chi connectivity index (χ4v) is 1.62. The standard InChI is InChI=1S/C11H13NO/c1-8-6-7-9-4-2-3-5-10(9)12-11(8)13/h2-5,8H,6-7H2,1H3,(H,12,13)/t8-/m1/s1. The second-order valence-corrected chi connectivity index (χ2v) is 3.59. The number of para-hydroxylation sites is 1. The Morgan fingerprint density at radius 1 is 1.38 bits per heavy atom. The average Bonchev–Trinajstić information content (AvgIpc) is 2.28. The molecule has 1 heterocycles. The van der Waals surface area contributed by atoms with Gasteiger partial charge in [0.25, 0.3) is 0 Å². The topological polar surface area (TPSA) is 29.1 Å². The van der Waals surface area contributed by atoms with E-state index in [-0.39, 0.29) is 11.8 Å². The Labute approximate surface area is 78.0 Å². The van der Waals surface area contributed by atoms with Crippen LogP contribution in [0.4, 0.5) is 5.69 Å². The van der Waals surface area contributed by atoms with Gasteiger partial charge < -0.3 is 5.32 Å². The molecule has 1 atom stereocenters. The van der Waals surface area contributed by atoms with Crippen LogP contribution in [-0.4, -0.2) is 5.91 Å². The van der Waals surface area contributed by atoms with Crippen molar-refractivity contribution in [3.8, 4) is 0 Å². The van der Waals surface area contributed by atoms with Gasteiger partial charge in [-0.05, 0) is 24.5 Å². The second-order valence-electron chi connectivity index (χ2n) is 3.59. The van der Waals surface area contributed by atoms with Crippen molar-refractivity contribution in [3.05, 3.63) is 29.8 Å². The zero-order valence-corrected chi connectivity index (χ0v) is 7.71. The van der Waals surface area contributed by atoms with Gasteiger partial charge in [0.2, 0.25) is 5.91 Å². The van der Waals surface area contributed by atoms with Crippen molar-refractivity contribution >= 4 is 11.6 Å². The van der Waals surface area contributed by atoms with E-state index in [1.165, 1.54) is 5.56 Å². The van der Waals surface area contributed by atoms with E-state index < -0.39 is 0 Å². The Morgan fingerprint density at radius 2 is 2.15 bits per heavy atom. The molecular formula is C11H13NO. The highest BCUT2D eigenvalue weighted by atomic mass is 16.1. The van der Waals surface area contributed by atoms with Crippen molar-refractivity contribution in [3.63, 3.8) is 0 Å². The predicted octanol–water partition coefficient (Wildman–Crippen LogP) is 2.21. The molecule has 0 unspecified atom stereocenters. The molecule has 1 aromatic carbocycles. The van der Waals surface area contributed by atoms with Gasteiger partial charge in [0.15, 0.2) is 0 Å². The second kappa shape index (κ2) is 3.21. The highest BCUT2D eigenvalue weighted by molar-refractivity contribution is 5.93. The molecule has 0 saturated heterocycles. The maximum Gasteiger partial charge on any atom is 0.227 e. The Morgan fingerprint density at radius 3 is 3.00 bits per heavy atom. The minimum atomic E-state index is 0.132. The lowest BCUT2D eigenvalue weighted by molar-refractivity contribution is -0.119. The number of amides is 1. The van der Waals surface area contributed by atoms with Crippen LogP contribution < -0.4 is 5.32 Å². The first-order valence-electron chi connectivity index (χ1n) is 4.66. The first-order valence-corrected chi connectivity index (χ1v) is 4.66. The first kappa shape index (κ1) is 8.30. The maximum absolute atomic E-state index is 11.5. The van der Waals surface area contributed by atoms with Crippen LogP contribution in [0.1, 0.15) is 18.9 Å². The van der Waals surface area contributed by atoms with Crippen LogP contribution in [0.15, 0.2) is 24.3 Å². The number of rotatable bonds is 0. The van der Waals surface area contributed by atoms with Crippen molar-refractivity contribution in [1.29, 1.82) is 0 Å². The third-order valence-corrected chi connectivity index (χ3v) is 2.57. The van der Waals surface area contributed by atoms with Gasteiger partial charge in [-0.3, -0.25) is 4.79 Å². The van der Waals surface area contributed by atoms with Gasteiger partial charge in [-0.1, -0.05) is 25.1 Å². The number of carbonyl (C=O) groups excluding carboxylic acids is 1. The summed E-state index contributed by atoms with van der Waals surface area (Å²) in [6, 6.07) is 8.01. The fraction of sp³-hybridized carbons (Fsp3) is 0.364. The van der Waals surface area contributed by atoms with E-state index in [9.17, 15) is 4.79 Å². The minimum absolute atomic E-state index is 0.132.